The molecular weight excluding hydrogens is 180 g/mol. The summed E-state index contributed by atoms with van der Waals surface area (Å²) in [5.41, 5.74) is 5.35. The molecule has 0 aliphatic carbocycles. The number of hydrogen-bond donors (Lipinski definition) is 1. The topological polar surface area (TPSA) is 63.4 Å². The third-order valence-electron chi connectivity index (χ3n) is 2.24. The lowest BCUT2D eigenvalue weighted by atomic mass is 10.2. The first-order valence-electron chi connectivity index (χ1n) is 4.99. The fourth-order valence-electron chi connectivity index (χ4n) is 1.42. The Morgan fingerprint density at radius 1 is 1.00 bits per heavy atom. The first-order valence-corrected chi connectivity index (χ1v) is 4.99. The average Bonchev–Trinajstić information content (AvgIpc) is 2.48. The molecule has 0 aromatic heterocycles. The van der Waals surface area contributed by atoms with Crippen molar-refractivity contribution in [2.75, 3.05) is 13.1 Å². The molecule has 2 N–H and O–H groups in total. The molecule has 1 aliphatic heterocycles. The summed E-state index contributed by atoms with van der Waals surface area (Å²) >= 11 is 0. The quantitative estimate of drug-likeness (QED) is 0.495. The molecule has 0 radical (unpaired) electrons. The van der Waals surface area contributed by atoms with E-state index in [-0.39, 0.29) is 11.8 Å². The molecule has 0 aromatic carbocycles. The van der Waals surface area contributed by atoms with Gasteiger partial charge in [0.2, 0.25) is 0 Å². The van der Waals surface area contributed by atoms with Crippen molar-refractivity contribution in [2.24, 2.45) is 5.73 Å². The second kappa shape index (κ2) is 5.54. The summed E-state index contributed by atoms with van der Waals surface area (Å²) in [6, 6.07) is 0. The highest BCUT2D eigenvalue weighted by atomic mass is 16.2. The Hall–Kier alpha value is -1.16. The van der Waals surface area contributed by atoms with Crippen molar-refractivity contribution in [3.63, 3.8) is 0 Å². The number of carbonyl (C=O) groups is 2. The minimum absolute atomic E-state index is 0.186. The number of imide groups is 1. The first kappa shape index (κ1) is 10.9. The van der Waals surface area contributed by atoms with Crippen LogP contribution in [0.3, 0.4) is 0 Å². The van der Waals surface area contributed by atoms with E-state index in [9.17, 15) is 9.59 Å². The van der Waals surface area contributed by atoms with Crippen LogP contribution >= 0.6 is 0 Å². The molecule has 0 unspecified atom stereocenters. The van der Waals surface area contributed by atoms with Crippen molar-refractivity contribution >= 4 is 11.8 Å². The summed E-state index contributed by atoms with van der Waals surface area (Å²) < 4.78 is 0. The summed E-state index contributed by atoms with van der Waals surface area (Å²) in [5.74, 6) is -0.373. The second-order valence-electron chi connectivity index (χ2n) is 3.36. The van der Waals surface area contributed by atoms with Gasteiger partial charge in [0.1, 0.15) is 0 Å². The molecule has 0 spiro atoms. The standard InChI is InChI=1S/C10H16N2O2/c11-7-3-1-2-4-8-12-9(13)5-6-10(12)14/h5-6H,1-4,7-8,11H2. The fourth-order valence-corrected chi connectivity index (χ4v) is 1.42. The van der Waals surface area contributed by atoms with Gasteiger partial charge < -0.3 is 5.73 Å². The Morgan fingerprint density at radius 3 is 2.14 bits per heavy atom. The van der Waals surface area contributed by atoms with Crippen LogP contribution in [0.4, 0.5) is 0 Å². The number of hydrogen-bond acceptors (Lipinski definition) is 3. The van der Waals surface area contributed by atoms with Crippen LogP contribution in [0, 0.1) is 0 Å². The van der Waals surface area contributed by atoms with Crippen LogP contribution in [0.2, 0.25) is 0 Å². The molecular formula is C10H16N2O2. The van der Waals surface area contributed by atoms with Gasteiger partial charge in [-0.2, -0.15) is 0 Å². The zero-order chi connectivity index (χ0) is 10.4. The Labute approximate surface area is 83.8 Å². The van der Waals surface area contributed by atoms with Gasteiger partial charge in [-0.25, -0.2) is 0 Å². The van der Waals surface area contributed by atoms with Gasteiger partial charge in [0.05, 0.1) is 0 Å². The van der Waals surface area contributed by atoms with E-state index in [2.05, 4.69) is 0 Å². The molecule has 2 amide bonds. The van der Waals surface area contributed by atoms with E-state index in [0.29, 0.717) is 13.1 Å². The van der Waals surface area contributed by atoms with Crippen LogP contribution in [0.5, 0.6) is 0 Å². The maximum absolute atomic E-state index is 11.1. The molecule has 78 valence electrons. The van der Waals surface area contributed by atoms with Gasteiger partial charge in [-0.05, 0) is 19.4 Å². The van der Waals surface area contributed by atoms with Crippen molar-refractivity contribution in [1.82, 2.24) is 4.90 Å². The molecule has 0 bridgehead atoms. The van der Waals surface area contributed by atoms with E-state index in [4.69, 9.17) is 5.73 Å². The third-order valence-corrected chi connectivity index (χ3v) is 2.24. The van der Waals surface area contributed by atoms with Crippen LogP contribution in [0.25, 0.3) is 0 Å². The normalized spacial score (nSPS) is 15.6. The highest BCUT2D eigenvalue weighted by molar-refractivity contribution is 6.12. The van der Waals surface area contributed by atoms with E-state index in [1.165, 1.54) is 17.1 Å². The number of amides is 2. The number of carbonyl (C=O) groups excluding carboxylic acids is 2. The SMILES string of the molecule is NCCCCCCN1C(=O)C=CC1=O. The highest BCUT2D eigenvalue weighted by Crippen LogP contribution is 2.07. The van der Waals surface area contributed by atoms with Gasteiger partial charge in [-0.1, -0.05) is 12.8 Å². The van der Waals surface area contributed by atoms with Crippen molar-refractivity contribution in [1.29, 1.82) is 0 Å². The summed E-state index contributed by atoms with van der Waals surface area (Å²) in [5, 5.41) is 0. The molecule has 0 saturated carbocycles. The van der Waals surface area contributed by atoms with Gasteiger partial charge in [0, 0.05) is 18.7 Å². The second-order valence-corrected chi connectivity index (χ2v) is 3.36. The summed E-state index contributed by atoms with van der Waals surface area (Å²) in [6.45, 7) is 1.25. The maximum Gasteiger partial charge on any atom is 0.253 e. The Kier molecular flexibility index (Phi) is 4.32. The van der Waals surface area contributed by atoms with E-state index >= 15 is 0 Å². The minimum atomic E-state index is -0.186. The van der Waals surface area contributed by atoms with Crippen LogP contribution in [-0.4, -0.2) is 29.8 Å². The van der Waals surface area contributed by atoms with E-state index in [1.807, 2.05) is 0 Å². The number of nitrogens with zero attached hydrogens (tertiary/aromatic N) is 1. The zero-order valence-corrected chi connectivity index (χ0v) is 8.24. The molecule has 1 aliphatic rings. The van der Waals surface area contributed by atoms with Crippen LogP contribution in [0.15, 0.2) is 12.2 Å². The molecule has 0 atom stereocenters. The van der Waals surface area contributed by atoms with Crippen molar-refractivity contribution in [3.05, 3.63) is 12.2 Å². The first-order chi connectivity index (χ1) is 6.75. The van der Waals surface area contributed by atoms with Crippen LogP contribution in [0.1, 0.15) is 25.7 Å². The van der Waals surface area contributed by atoms with Gasteiger partial charge in [0.25, 0.3) is 11.8 Å². The largest absolute Gasteiger partial charge is 0.330 e. The monoisotopic (exact) mass is 196 g/mol. The Bertz CT molecular complexity index is 231. The van der Waals surface area contributed by atoms with Gasteiger partial charge in [0.15, 0.2) is 0 Å². The van der Waals surface area contributed by atoms with Crippen LogP contribution < -0.4 is 5.73 Å². The molecule has 0 saturated heterocycles. The molecule has 1 rings (SSSR count). The van der Waals surface area contributed by atoms with Gasteiger partial charge in [-0.3, -0.25) is 14.5 Å². The minimum Gasteiger partial charge on any atom is -0.330 e. The van der Waals surface area contributed by atoms with Crippen LogP contribution in [-0.2, 0) is 9.59 Å². The van der Waals surface area contributed by atoms with Gasteiger partial charge in [-0.15, -0.1) is 0 Å². The molecule has 1 heterocycles. The lowest BCUT2D eigenvalue weighted by Gasteiger charge is -2.12. The van der Waals surface area contributed by atoms with E-state index in [0.717, 1.165) is 25.7 Å². The predicted molar refractivity (Wildman–Crippen MR) is 53.4 cm³/mol. The smallest absolute Gasteiger partial charge is 0.253 e. The van der Waals surface area contributed by atoms with Crippen molar-refractivity contribution in [3.8, 4) is 0 Å². The maximum atomic E-state index is 11.1. The zero-order valence-electron chi connectivity index (χ0n) is 8.24. The number of unbranched alkanes of at least 4 members (excludes halogenated alkanes) is 3. The number of rotatable bonds is 6. The summed E-state index contributed by atoms with van der Waals surface area (Å²) in [6.07, 6.45) is 6.62. The summed E-state index contributed by atoms with van der Waals surface area (Å²) in [7, 11) is 0. The Morgan fingerprint density at radius 2 is 1.57 bits per heavy atom. The molecule has 14 heavy (non-hydrogen) atoms. The lowest BCUT2D eigenvalue weighted by molar-refractivity contribution is -0.136. The third kappa shape index (κ3) is 2.96. The highest BCUT2D eigenvalue weighted by Gasteiger charge is 2.21. The number of nitrogens with two attached hydrogens (primary N) is 1. The molecule has 0 aromatic rings. The van der Waals surface area contributed by atoms with Gasteiger partial charge >= 0.3 is 0 Å². The molecule has 0 fully saturated rings. The van der Waals surface area contributed by atoms with E-state index < -0.39 is 0 Å². The van der Waals surface area contributed by atoms with E-state index in [1.54, 1.807) is 0 Å². The summed E-state index contributed by atoms with van der Waals surface area (Å²) in [4.78, 5) is 23.5. The van der Waals surface area contributed by atoms with Crippen molar-refractivity contribution < 1.29 is 9.59 Å². The Balaban J connectivity index is 2.13. The predicted octanol–water partition coefficient (Wildman–Crippen LogP) is 0.430. The molecule has 4 heteroatoms. The van der Waals surface area contributed by atoms with Crippen molar-refractivity contribution in [2.45, 2.75) is 25.7 Å². The lowest BCUT2D eigenvalue weighted by Crippen LogP contribution is -2.30. The average molecular weight is 196 g/mol. The fraction of sp³-hybridized carbons (Fsp3) is 0.600. The molecule has 4 nitrogen and oxygen atoms in total.